The fourth-order valence-corrected chi connectivity index (χ4v) is 2.37. The average molecular weight is 257 g/mol. The van der Waals surface area contributed by atoms with Crippen LogP contribution in [0.3, 0.4) is 0 Å². The van der Waals surface area contributed by atoms with E-state index in [1.54, 1.807) is 12.1 Å². The van der Waals surface area contributed by atoms with Crippen molar-refractivity contribution in [2.75, 3.05) is 25.0 Å². The molecule has 0 spiro atoms. The van der Waals surface area contributed by atoms with E-state index in [1.165, 1.54) is 6.42 Å². The molecule has 0 aliphatic carbocycles. The molecule has 1 amide bonds. The molecule has 1 aliphatic heterocycles. The highest BCUT2D eigenvalue weighted by atomic mass is 16.2. The number of anilines is 1. The predicted octanol–water partition coefficient (Wildman–Crippen LogP) is 2.23. The van der Waals surface area contributed by atoms with Gasteiger partial charge >= 0.3 is 0 Å². The topological polar surface area (TPSA) is 56.1 Å². The highest BCUT2D eigenvalue weighted by molar-refractivity contribution is 5.81. The minimum atomic E-state index is 0.149. The molecule has 0 radical (unpaired) electrons. The predicted molar refractivity (Wildman–Crippen MR) is 74.6 cm³/mol. The first kappa shape index (κ1) is 13.4. The molecule has 1 heterocycles. The van der Waals surface area contributed by atoms with Crippen molar-refractivity contribution in [2.45, 2.75) is 19.8 Å². The van der Waals surface area contributed by atoms with Crippen molar-refractivity contribution in [1.29, 1.82) is 5.26 Å². The van der Waals surface area contributed by atoms with Crippen molar-refractivity contribution in [3.8, 4) is 6.07 Å². The Balaban J connectivity index is 1.84. The maximum atomic E-state index is 12.1. The van der Waals surface area contributed by atoms with Gasteiger partial charge in [-0.05, 0) is 43.0 Å². The van der Waals surface area contributed by atoms with Crippen LogP contribution in [-0.2, 0) is 4.79 Å². The zero-order valence-electron chi connectivity index (χ0n) is 11.2. The largest absolute Gasteiger partial charge is 0.376 e. The van der Waals surface area contributed by atoms with Crippen LogP contribution in [0.4, 0.5) is 5.69 Å². The summed E-state index contributed by atoms with van der Waals surface area (Å²) in [6.07, 6.45) is 2.32. The second kappa shape index (κ2) is 6.24. The monoisotopic (exact) mass is 257 g/mol. The highest BCUT2D eigenvalue weighted by Crippen LogP contribution is 2.15. The molecule has 1 aromatic carbocycles. The number of nitrogens with zero attached hydrogens (tertiary/aromatic N) is 2. The molecule has 0 saturated carbocycles. The van der Waals surface area contributed by atoms with Crippen molar-refractivity contribution in [3.05, 3.63) is 29.8 Å². The number of hydrogen-bond donors (Lipinski definition) is 1. The molecule has 1 atom stereocenters. The minimum Gasteiger partial charge on any atom is -0.376 e. The molecule has 19 heavy (non-hydrogen) atoms. The van der Waals surface area contributed by atoms with Crippen LogP contribution in [0.2, 0.25) is 0 Å². The highest BCUT2D eigenvalue weighted by Gasteiger charge is 2.20. The van der Waals surface area contributed by atoms with E-state index in [2.05, 4.69) is 18.3 Å². The lowest BCUT2D eigenvalue weighted by molar-refractivity contribution is -0.130. The molecule has 2 rings (SSSR count). The van der Waals surface area contributed by atoms with E-state index < -0.39 is 0 Å². The first-order chi connectivity index (χ1) is 9.19. The number of rotatable bonds is 3. The van der Waals surface area contributed by atoms with Gasteiger partial charge in [-0.2, -0.15) is 5.26 Å². The van der Waals surface area contributed by atoms with E-state index in [4.69, 9.17) is 5.26 Å². The molecular weight excluding hydrogens is 238 g/mol. The van der Waals surface area contributed by atoms with Gasteiger partial charge in [0.1, 0.15) is 0 Å². The number of carbonyl (C=O) groups is 1. The van der Waals surface area contributed by atoms with Crippen LogP contribution in [0, 0.1) is 17.2 Å². The van der Waals surface area contributed by atoms with Gasteiger partial charge in [-0.3, -0.25) is 4.79 Å². The molecule has 100 valence electrons. The number of nitrogens with one attached hydrogen (secondary N) is 1. The zero-order valence-corrected chi connectivity index (χ0v) is 11.2. The van der Waals surface area contributed by atoms with Crippen LogP contribution in [0.5, 0.6) is 0 Å². The van der Waals surface area contributed by atoms with Gasteiger partial charge in [-0.1, -0.05) is 6.92 Å². The Morgan fingerprint density at radius 3 is 2.84 bits per heavy atom. The lowest BCUT2D eigenvalue weighted by atomic mass is 10.0. The quantitative estimate of drug-likeness (QED) is 0.903. The van der Waals surface area contributed by atoms with Gasteiger partial charge in [0.2, 0.25) is 5.91 Å². The molecule has 1 N–H and O–H groups in total. The van der Waals surface area contributed by atoms with Gasteiger partial charge < -0.3 is 10.2 Å². The lowest BCUT2D eigenvalue weighted by Gasteiger charge is -2.31. The van der Waals surface area contributed by atoms with Gasteiger partial charge in [0.05, 0.1) is 18.2 Å². The Labute approximate surface area is 114 Å². The van der Waals surface area contributed by atoms with E-state index in [0.29, 0.717) is 18.0 Å². The summed E-state index contributed by atoms with van der Waals surface area (Å²) in [7, 11) is 0. The van der Waals surface area contributed by atoms with E-state index in [0.717, 1.165) is 25.2 Å². The third kappa shape index (κ3) is 3.72. The second-order valence-corrected chi connectivity index (χ2v) is 5.13. The van der Waals surface area contributed by atoms with Gasteiger partial charge in [-0.25, -0.2) is 0 Å². The van der Waals surface area contributed by atoms with Gasteiger partial charge in [0, 0.05) is 18.8 Å². The van der Waals surface area contributed by atoms with Crippen LogP contribution in [0.25, 0.3) is 0 Å². The SMILES string of the molecule is CC1CCCN(C(=O)CNc2ccc(C#N)cc2)C1. The van der Waals surface area contributed by atoms with Gasteiger partial charge in [-0.15, -0.1) is 0 Å². The number of likely N-dealkylation sites (tertiary alicyclic amines) is 1. The van der Waals surface area contributed by atoms with Crippen LogP contribution in [0.15, 0.2) is 24.3 Å². The van der Waals surface area contributed by atoms with Crippen LogP contribution >= 0.6 is 0 Å². The standard InChI is InChI=1S/C15H19N3O/c1-12-3-2-8-18(11-12)15(19)10-17-14-6-4-13(9-16)5-7-14/h4-7,12,17H,2-3,8,10-11H2,1H3. The maximum Gasteiger partial charge on any atom is 0.241 e. The Bertz CT molecular complexity index is 475. The molecule has 1 fully saturated rings. The summed E-state index contributed by atoms with van der Waals surface area (Å²) in [5.41, 5.74) is 1.50. The minimum absolute atomic E-state index is 0.149. The summed E-state index contributed by atoms with van der Waals surface area (Å²) in [5, 5.41) is 11.8. The van der Waals surface area contributed by atoms with Crippen LogP contribution < -0.4 is 5.32 Å². The Kier molecular flexibility index (Phi) is 4.40. The molecule has 1 aliphatic rings. The van der Waals surface area contributed by atoms with Crippen molar-refractivity contribution in [2.24, 2.45) is 5.92 Å². The van der Waals surface area contributed by atoms with Gasteiger partial charge in [0.25, 0.3) is 0 Å². The number of amides is 1. The number of nitriles is 1. The number of carbonyl (C=O) groups excluding carboxylic acids is 1. The number of piperidine rings is 1. The molecule has 1 aromatic rings. The fourth-order valence-electron chi connectivity index (χ4n) is 2.37. The number of hydrogen-bond acceptors (Lipinski definition) is 3. The average Bonchev–Trinajstić information content (AvgIpc) is 2.45. The maximum absolute atomic E-state index is 12.1. The summed E-state index contributed by atoms with van der Waals surface area (Å²) in [6.45, 7) is 4.25. The Morgan fingerprint density at radius 1 is 1.47 bits per heavy atom. The van der Waals surface area contributed by atoms with Gasteiger partial charge in [0.15, 0.2) is 0 Å². The smallest absolute Gasteiger partial charge is 0.241 e. The molecule has 4 heteroatoms. The molecule has 0 aromatic heterocycles. The van der Waals surface area contributed by atoms with Crippen molar-refractivity contribution < 1.29 is 4.79 Å². The summed E-state index contributed by atoms with van der Waals surface area (Å²) in [5.74, 6) is 0.753. The van der Waals surface area contributed by atoms with Crippen LogP contribution in [0.1, 0.15) is 25.3 Å². The molecule has 1 saturated heterocycles. The van der Waals surface area contributed by atoms with Crippen molar-refractivity contribution >= 4 is 11.6 Å². The van der Waals surface area contributed by atoms with E-state index in [9.17, 15) is 4.79 Å². The Hall–Kier alpha value is -2.02. The molecule has 1 unspecified atom stereocenters. The lowest BCUT2D eigenvalue weighted by Crippen LogP contribution is -2.41. The molecular formula is C15H19N3O. The summed E-state index contributed by atoms with van der Waals surface area (Å²) in [6, 6.07) is 9.21. The van der Waals surface area contributed by atoms with Crippen molar-refractivity contribution in [1.82, 2.24) is 4.90 Å². The zero-order chi connectivity index (χ0) is 13.7. The van der Waals surface area contributed by atoms with Crippen LogP contribution in [-0.4, -0.2) is 30.4 Å². The Morgan fingerprint density at radius 2 is 2.21 bits per heavy atom. The fraction of sp³-hybridized carbons (Fsp3) is 0.467. The first-order valence-corrected chi connectivity index (χ1v) is 6.71. The summed E-state index contributed by atoms with van der Waals surface area (Å²) in [4.78, 5) is 14.0. The van der Waals surface area contributed by atoms with E-state index in [1.807, 2.05) is 17.0 Å². The first-order valence-electron chi connectivity index (χ1n) is 6.71. The summed E-state index contributed by atoms with van der Waals surface area (Å²) >= 11 is 0. The summed E-state index contributed by atoms with van der Waals surface area (Å²) < 4.78 is 0. The van der Waals surface area contributed by atoms with E-state index >= 15 is 0 Å². The van der Waals surface area contributed by atoms with Crippen molar-refractivity contribution in [3.63, 3.8) is 0 Å². The normalized spacial score (nSPS) is 18.7. The molecule has 0 bridgehead atoms. The van der Waals surface area contributed by atoms with E-state index in [-0.39, 0.29) is 5.91 Å². The third-order valence-electron chi connectivity index (χ3n) is 3.47. The number of benzene rings is 1. The molecule has 4 nitrogen and oxygen atoms in total. The third-order valence-corrected chi connectivity index (χ3v) is 3.47. The second-order valence-electron chi connectivity index (χ2n) is 5.13.